The molecule has 2 rings (SSSR count). The predicted molar refractivity (Wildman–Crippen MR) is 77.6 cm³/mol. The first-order chi connectivity index (χ1) is 9.17. The Balaban J connectivity index is 1.88. The van der Waals surface area contributed by atoms with Gasteiger partial charge in [-0.15, -0.1) is 0 Å². The highest BCUT2D eigenvalue weighted by Crippen LogP contribution is 2.51. The third kappa shape index (κ3) is 3.92. The molecule has 0 unspecified atom stereocenters. The Hall–Kier alpha value is -0.630. The smallest absolute Gasteiger partial charge is 0.312 e. The fourth-order valence-electron chi connectivity index (χ4n) is 2.94. The van der Waals surface area contributed by atoms with Crippen LogP contribution in [0, 0.1) is 5.92 Å². The van der Waals surface area contributed by atoms with Crippen LogP contribution < -0.4 is 0 Å². The largest absolute Gasteiger partial charge is 0.330 e. The molecule has 19 heavy (non-hydrogen) atoms. The summed E-state index contributed by atoms with van der Waals surface area (Å²) >= 11 is 0. The van der Waals surface area contributed by atoms with E-state index >= 15 is 0 Å². The van der Waals surface area contributed by atoms with Crippen molar-refractivity contribution in [2.75, 3.05) is 20.4 Å². The summed E-state index contributed by atoms with van der Waals surface area (Å²) < 4.78 is 22.2. The predicted octanol–water partition coefficient (Wildman–Crippen LogP) is 4.45. The average molecular weight is 282 g/mol. The zero-order valence-electron chi connectivity index (χ0n) is 11.7. The van der Waals surface area contributed by atoms with Crippen LogP contribution in [-0.4, -0.2) is 20.4 Å². The molecule has 0 radical (unpaired) electrons. The summed E-state index contributed by atoms with van der Waals surface area (Å²) in [4.78, 5) is 0. The minimum absolute atomic E-state index is 0.464. The Morgan fingerprint density at radius 3 is 2.16 bits per heavy atom. The molecular weight excluding hydrogens is 259 g/mol. The Kier molecular flexibility index (Phi) is 5.20. The maximum atomic E-state index is 12.1. The molecule has 0 aromatic heterocycles. The van der Waals surface area contributed by atoms with E-state index in [2.05, 4.69) is 30.3 Å². The van der Waals surface area contributed by atoms with Gasteiger partial charge in [-0.25, -0.2) is 0 Å². The quantitative estimate of drug-likeness (QED) is 0.749. The first-order valence-corrected chi connectivity index (χ1v) is 8.65. The lowest BCUT2D eigenvalue weighted by Crippen LogP contribution is -2.17. The van der Waals surface area contributed by atoms with Crippen molar-refractivity contribution in [2.45, 2.75) is 31.6 Å². The van der Waals surface area contributed by atoms with Crippen molar-refractivity contribution in [3.8, 4) is 0 Å². The Labute approximate surface area is 115 Å². The molecule has 0 atom stereocenters. The molecule has 1 saturated carbocycles. The van der Waals surface area contributed by atoms with Crippen LogP contribution in [0.25, 0.3) is 0 Å². The summed E-state index contributed by atoms with van der Waals surface area (Å²) in [5.74, 6) is 1.12. The van der Waals surface area contributed by atoms with Crippen LogP contribution in [0.15, 0.2) is 30.3 Å². The standard InChI is InChI=1S/C15H23O3P/c1-17-19(16,18-2)12-13-8-10-15(11-9-13)14-6-4-3-5-7-14/h3-7,13,15H,8-12H2,1-2H3. The third-order valence-corrected chi connectivity index (χ3v) is 6.23. The van der Waals surface area contributed by atoms with Crippen LogP contribution in [0.2, 0.25) is 0 Å². The van der Waals surface area contributed by atoms with Crippen LogP contribution in [0.5, 0.6) is 0 Å². The van der Waals surface area contributed by atoms with Crippen molar-refractivity contribution >= 4 is 7.60 Å². The molecular formula is C15H23O3P. The van der Waals surface area contributed by atoms with Gasteiger partial charge in [0, 0.05) is 14.2 Å². The molecule has 0 amide bonds. The summed E-state index contributed by atoms with van der Waals surface area (Å²) in [6.07, 6.45) is 5.11. The van der Waals surface area contributed by atoms with Crippen molar-refractivity contribution in [3.63, 3.8) is 0 Å². The van der Waals surface area contributed by atoms with Gasteiger partial charge in [0.15, 0.2) is 0 Å². The van der Waals surface area contributed by atoms with E-state index in [1.54, 1.807) is 0 Å². The second-order valence-electron chi connectivity index (χ2n) is 5.29. The topological polar surface area (TPSA) is 35.5 Å². The van der Waals surface area contributed by atoms with E-state index in [9.17, 15) is 4.57 Å². The molecule has 3 nitrogen and oxygen atoms in total. The van der Waals surface area contributed by atoms with Gasteiger partial charge in [0.1, 0.15) is 0 Å². The van der Waals surface area contributed by atoms with E-state index in [1.807, 2.05) is 0 Å². The molecule has 1 aliphatic rings. The van der Waals surface area contributed by atoms with Gasteiger partial charge in [0.25, 0.3) is 0 Å². The molecule has 0 heterocycles. The van der Waals surface area contributed by atoms with Crippen molar-refractivity contribution < 1.29 is 13.6 Å². The SMILES string of the molecule is COP(=O)(CC1CCC(c2ccccc2)CC1)OC. The Bertz CT molecular complexity index is 416. The van der Waals surface area contributed by atoms with Crippen molar-refractivity contribution in [1.82, 2.24) is 0 Å². The van der Waals surface area contributed by atoms with E-state index in [0.717, 1.165) is 12.8 Å². The van der Waals surface area contributed by atoms with Crippen LogP contribution >= 0.6 is 7.60 Å². The molecule has 106 valence electrons. The highest BCUT2D eigenvalue weighted by Gasteiger charge is 2.30. The fourth-order valence-corrected chi connectivity index (χ4v) is 4.39. The van der Waals surface area contributed by atoms with Gasteiger partial charge in [-0.05, 0) is 43.1 Å². The molecule has 0 aliphatic heterocycles. The molecule has 1 fully saturated rings. The molecule has 0 bridgehead atoms. The monoisotopic (exact) mass is 282 g/mol. The number of rotatable bonds is 5. The molecule has 1 aromatic carbocycles. The van der Waals surface area contributed by atoms with Gasteiger partial charge < -0.3 is 9.05 Å². The van der Waals surface area contributed by atoms with Crippen molar-refractivity contribution in [3.05, 3.63) is 35.9 Å². The average Bonchev–Trinajstić information content (AvgIpc) is 2.49. The minimum Gasteiger partial charge on any atom is -0.312 e. The van der Waals surface area contributed by atoms with Crippen LogP contribution in [0.3, 0.4) is 0 Å². The lowest BCUT2D eigenvalue weighted by atomic mass is 9.79. The molecule has 0 N–H and O–H groups in total. The molecule has 0 spiro atoms. The summed E-state index contributed by atoms with van der Waals surface area (Å²) in [5, 5.41) is 0. The zero-order valence-corrected chi connectivity index (χ0v) is 12.6. The van der Waals surface area contributed by atoms with E-state index in [-0.39, 0.29) is 0 Å². The molecule has 4 heteroatoms. The van der Waals surface area contributed by atoms with E-state index in [0.29, 0.717) is 18.0 Å². The first kappa shape index (κ1) is 14.8. The summed E-state index contributed by atoms with van der Waals surface area (Å²) in [7, 11) is 0.103. The third-order valence-electron chi connectivity index (χ3n) is 4.16. The Morgan fingerprint density at radius 1 is 1.05 bits per heavy atom. The van der Waals surface area contributed by atoms with Crippen molar-refractivity contribution in [1.29, 1.82) is 0 Å². The Morgan fingerprint density at radius 2 is 1.63 bits per heavy atom. The second-order valence-corrected chi connectivity index (χ2v) is 7.60. The van der Waals surface area contributed by atoms with Gasteiger partial charge >= 0.3 is 7.60 Å². The minimum atomic E-state index is -2.84. The van der Waals surface area contributed by atoms with E-state index < -0.39 is 7.60 Å². The lowest BCUT2D eigenvalue weighted by Gasteiger charge is -2.30. The van der Waals surface area contributed by atoms with E-state index in [1.165, 1.54) is 32.6 Å². The number of benzene rings is 1. The van der Waals surface area contributed by atoms with Crippen LogP contribution in [-0.2, 0) is 13.6 Å². The molecule has 1 aliphatic carbocycles. The van der Waals surface area contributed by atoms with Gasteiger partial charge in [-0.2, -0.15) is 0 Å². The van der Waals surface area contributed by atoms with Gasteiger partial charge in [0.2, 0.25) is 0 Å². The summed E-state index contributed by atoms with van der Waals surface area (Å²) in [6.45, 7) is 0. The van der Waals surface area contributed by atoms with Crippen molar-refractivity contribution in [2.24, 2.45) is 5.92 Å². The van der Waals surface area contributed by atoms with Crippen LogP contribution in [0.4, 0.5) is 0 Å². The molecule has 0 saturated heterocycles. The lowest BCUT2D eigenvalue weighted by molar-refractivity contribution is 0.258. The second kappa shape index (κ2) is 6.69. The number of hydrogen-bond acceptors (Lipinski definition) is 3. The summed E-state index contributed by atoms with van der Waals surface area (Å²) in [5.41, 5.74) is 1.43. The highest BCUT2D eigenvalue weighted by atomic mass is 31.2. The van der Waals surface area contributed by atoms with Gasteiger partial charge in [-0.1, -0.05) is 30.3 Å². The summed E-state index contributed by atoms with van der Waals surface area (Å²) in [6, 6.07) is 10.7. The van der Waals surface area contributed by atoms with Crippen LogP contribution in [0.1, 0.15) is 37.2 Å². The van der Waals surface area contributed by atoms with E-state index in [4.69, 9.17) is 9.05 Å². The van der Waals surface area contributed by atoms with Gasteiger partial charge in [0.05, 0.1) is 6.16 Å². The highest BCUT2D eigenvalue weighted by molar-refractivity contribution is 7.53. The maximum absolute atomic E-state index is 12.1. The normalized spacial score (nSPS) is 24.3. The zero-order chi connectivity index (χ0) is 13.7. The maximum Gasteiger partial charge on any atom is 0.330 e. The van der Waals surface area contributed by atoms with Gasteiger partial charge in [-0.3, -0.25) is 4.57 Å². The first-order valence-electron chi connectivity index (χ1n) is 6.92. The fraction of sp³-hybridized carbons (Fsp3) is 0.600. The number of hydrogen-bond donors (Lipinski definition) is 0. The molecule has 1 aromatic rings.